The zero-order valence-electron chi connectivity index (χ0n) is 9.76. The maximum atomic E-state index is 13.5. The largest absolute Gasteiger partial charge is 0.462 e. The van der Waals surface area contributed by atoms with Gasteiger partial charge in [0.1, 0.15) is 0 Å². The fourth-order valence-corrected chi connectivity index (χ4v) is 1.48. The van der Waals surface area contributed by atoms with Gasteiger partial charge in [0.05, 0.1) is 24.1 Å². The molecule has 0 fully saturated rings. The summed E-state index contributed by atoms with van der Waals surface area (Å²) in [6.07, 6.45) is 4.22. The van der Waals surface area contributed by atoms with Crippen molar-refractivity contribution in [3.63, 3.8) is 0 Å². The van der Waals surface area contributed by atoms with Crippen molar-refractivity contribution < 1.29 is 13.9 Å². The molecule has 0 aliphatic heterocycles. The zero-order valence-corrected chi connectivity index (χ0v) is 9.76. The molecule has 2 aromatic rings. The normalized spacial score (nSPS) is 10.1. The van der Waals surface area contributed by atoms with E-state index in [4.69, 9.17) is 4.74 Å². The molecule has 0 N–H and O–H groups in total. The van der Waals surface area contributed by atoms with Crippen LogP contribution in [0.4, 0.5) is 4.39 Å². The minimum absolute atomic E-state index is 0.112. The highest BCUT2D eigenvalue weighted by atomic mass is 19.1. The maximum Gasteiger partial charge on any atom is 0.341 e. The highest BCUT2D eigenvalue weighted by Gasteiger charge is 2.14. The Labute approximate surface area is 103 Å². The lowest BCUT2D eigenvalue weighted by Crippen LogP contribution is -2.08. The lowest BCUT2D eigenvalue weighted by atomic mass is 10.1. The Morgan fingerprint density at radius 3 is 2.78 bits per heavy atom. The molecule has 4 nitrogen and oxygen atoms in total. The van der Waals surface area contributed by atoms with E-state index in [1.165, 1.54) is 6.07 Å². The molecule has 92 valence electrons. The molecule has 0 saturated carbocycles. The predicted molar refractivity (Wildman–Crippen MR) is 63.4 cm³/mol. The Morgan fingerprint density at radius 1 is 1.39 bits per heavy atom. The van der Waals surface area contributed by atoms with Crippen LogP contribution in [0.1, 0.15) is 17.3 Å². The first-order chi connectivity index (χ1) is 8.72. The summed E-state index contributed by atoms with van der Waals surface area (Å²) >= 11 is 0. The number of halogens is 1. The van der Waals surface area contributed by atoms with E-state index in [1.807, 2.05) is 0 Å². The van der Waals surface area contributed by atoms with Gasteiger partial charge in [-0.15, -0.1) is 0 Å². The van der Waals surface area contributed by atoms with Gasteiger partial charge in [-0.1, -0.05) is 0 Å². The summed E-state index contributed by atoms with van der Waals surface area (Å²) in [5.41, 5.74) is 1.15. The summed E-state index contributed by atoms with van der Waals surface area (Å²) < 4.78 is 18.3. The van der Waals surface area contributed by atoms with Crippen molar-refractivity contribution in [2.24, 2.45) is 0 Å². The molecule has 2 aromatic heterocycles. The van der Waals surface area contributed by atoms with Crippen molar-refractivity contribution in [1.29, 1.82) is 0 Å². The molecule has 5 heteroatoms. The number of carbonyl (C=O) groups excluding carboxylic acids is 1. The molecule has 0 aliphatic carbocycles. The van der Waals surface area contributed by atoms with Crippen LogP contribution in [0, 0.1) is 5.82 Å². The van der Waals surface area contributed by atoms with E-state index >= 15 is 0 Å². The number of nitrogens with zero attached hydrogens (tertiary/aromatic N) is 2. The molecule has 2 heterocycles. The van der Waals surface area contributed by atoms with Crippen LogP contribution in [0.15, 0.2) is 36.8 Å². The number of carbonyl (C=O) groups is 1. The van der Waals surface area contributed by atoms with E-state index < -0.39 is 11.8 Å². The van der Waals surface area contributed by atoms with E-state index in [1.54, 1.807) is 31.5 Å². The molecule has 0 bridgehead atoms. The molecule has 0 saturated heterocycles. The fraction of sp³-hybridized carbons (Fsp3) is 0.154. The summed E-state index contributed by atoms with van der Waals surface area (Å²) in [5.74, 6) is -1.38. The molecular formula is C13H11FN2O2. The summed E-state index contributed by atoms with van der Waals surface area (Å²) in [5, 5.41) is 0. The molecule has 2 rings (SSSR count). The Morgan fingerprint density at radius 2 is 2.11 bits per heavy atom. The lowest BCUT2D eigenvalue weighted by Gasteiger charge is -2.05. The van der Waals surface area contributed by atoms with Crippen molar-refractivity contribution in [2.75, 3.05) is 6.61 Å². The third-order valence-corrected chi connectivity index (χ3v) is 2.33. The van der Waals surface area contributed by atoms with Crippen molar-refractivity contribution in [3.05, 3.63) is 48.2 Å². The first-order valence-corrected chi connectivity index (χ1v) is 5.45. The summed E-state index contributed by atoms with van der Waals surface area (Å²) in [6.45, 7) is 1.87. The molecule has 0 spiro atoms. The van der Waals surface area contributed by atoms with Crippen LogP contribution in [-0.2, 0) is 4.74 Å². The van der Waals surface area contributed by atoms with Crippen LogP contribution >= 0.6 is 0 Å². The molecule has 0 aliphatic rings. The van der Waals surface area contributed by atoms with Gasteiger partial charge in [0.2, 0.25) is 0 Å². The maximum absolute atomic E-state index is 13.5. The Kier molecular flexibility index (Phi) is 3.62. The standard InChI is InChI=1S/C13H11FN2O2/c1-2-18-13(17)10-7-12(16-8-11(10)14)9-3-5-15-6-4-9/h3-8H,2H2,1H3. The fourth-order valence-electron chi connectivity index (χ4n) is 1.48. The third-order valence-electron chi connectivity index (χ3n) is 2.33. The summed E-state index contributed by atoms with van der Waals surface area (Å²) in [6, 6.07) is 4.84. The number of esters is 1. The third kappa shape index (κ3) is 2.51. The van der Waals surface area contributed by atoms with Crippen LogP contribution in [0.2, 0.25) is 0 Å². The number of pyridine rings is 2. The van der Waals surface area contributed by atoms with E-state index in [9.17, 15) is 9.18 Å². The van der Waals surface area contributed by atoms with Crippen molar-refractivity contribution in [2.45, 2.75) is 6.92 Å². The van der Waals surface area contributed by atoms with Crippen LogP contribution in [0.5, 0.6) is 0 Å². The molecule has 0 radical (unpaired) electrons. The van der Waals surface area contributed by atoms with E-state index in [-0.39, 0.29) is 12.2 Å². The molecule has 0 atom stereocenters. The average Bonchev–Trinajstić information content (AvgIpc) is 2.40. The number of hydrogen-bond donors (Lipinski definition) is 0. The van der Waals surface area contributed by atoms with Crippen LogP contribution < -0.4 is 0 Å². The summed E-state index contributed by atoms with van der Waals surface area (Å²) in [7, 11) is 0. The van der Waals surface area contributed by atoms with Gasteiger partial charge in [0.25, 0.3) is 0 Å². The molecular weight excluding hydrogens is 235 g/mol. The second-order valence-corrected chi connectivity index (χ2v) is 3.51. The van der Waals surface area contributed by atoms with Gasteiger partial charge in [-0.2, -0.15) is 0 Å². The van der Waals surface area contributed by atoms with Gasteiger partial charge in [-0.05, 0) is 25.1 Å². The van der Waals surface area contributed by atoms with Gasteiger partial charge in [0, 0.05) is 18.0 Å². The first kappa shape index (κ1) is 12.2. The Hall–Kier alpha value is -2.30. The molecule has 18 heavy (non-hydrogen) atoms. The Balaban J connectivity index is 2.41. The van der Waals surface area contributed by atoms with E-state index in [0.717, 1.165) is 11.8 Å². The smallest absolute Gasteiger partial charge is 0.341 e. The van der Waals surface area contributed by atoms with Crippen LogP contribution in [-0.4, -0.2) is 22.5 Å². The van der Waals surface area contributed by atoms with Gasteiger partial charge in [0.15, 0.2) is 5.82 Å². The molecule has 0 unspecified atom stereocenters. The molecule has 0 aromatic carbocycles. The van der Waals surface area contributed by atoms with Gasteiger partial charge < -0.3 is 4.74 Å². The SMILES string of the molecule is CCOC(=O)c1cc(-c2ccncc2)ncc1F. The number of rotatable bonds is 3. The number of hydrogen-bond acceptors (Lipinski definition) is 4. The minimum atomic E-state index is -0.689. The summed E-state index contributed by atoms with van der Waals surface area (Å²) in [4.78, 5) is 19.4. The van der Waals surface area contributed by atoms with E-state index in [2.05, 4.69) is 9.97 Å². The lowest BCUT2D eigenvalue weighted by molar-refractivity contribution is 0.0521. The minimum Gasteiger partial charge on any atom is -0.462 e. The Bertz CT molecular complexity index is 558. The monoisotopic (exact) mass is 246 g/mol. The molecule has 0 amide bonds. The van der Waals surface area contributed by atoms with Gasteiger partial charge >= 0.3 is 5.97 Å². The van der Waals surface area contributed by atoms with Gasteiger partial charge in [-0.3, -0.25) is 9.97 Å². The quantitative estimate of drug-likeness (QED) is 0.780. The second kappa shape index (κ2) is 5.35. The average molecular weight is 246 g/mol. The highest BCUT2D eigenvalue weighted by molar-refractivity contribution is 5.90. The van der Waals surface area contributed by atoms with Crippen molar-refractivity contribution in [1.82, 2.24) is 9.97 Å². The van der Waals surface area contributed by atoms with Crippen LogP contribution in [0.25, 0.3) is 11.3 Å². The number of aromatic nitrogens is 2. The topological polar surface area (TPSA) is 52.1 Å². The number of ether oxygens (including phenoxy) is 1. The highest BCUT2D eigenvalue weighted by Crippen LogP contribution is 2.19. The van der Waals surface area contributed by atoms with Crippen LogP contribution in [0.3, 0.4) is 0 Å². The second-order valence-electron chi connectivity index (χ2n) is 3.51. The predicted octanol–water partition coefficient (Wildman–Crippen LogP) is 2.46. The van der Waals surface area contributed by atoms with Crippen molar-refractivity contribution in [3.8, 4) is 11.3 Å². The van der Waals surface area contributed by atoms with Gasteiger partial charge in [-0.25, -0.2) is 9.18 Å². The van der Waals surface area contributed by atoms with Crippen molar-refractivity contribution >= 4 is 5.97 Å². The zero-order chi connectivity index (χ0) is 13.0. The van der Waals surface area contributed by atoms with E-state index in [0.29, 0.717) is 5.69 Å². The first-order valence-electron chi connectivity index (χ1n) is 5.45.